The summed E-state index contributed by atoms with van der Waals surface area (Å²) < 4.78 is 5.58. The van der Waals surface area contributed by atoms with Crippen molar-refractivity contribution in [3.63, 3.8) is 0 Å². The molecule has 1 fully saturated rings. The van der Waals surface area contributed by atoms with Gasteiger partial charge in [0, 0.05) is 17.6 Å². The molecule has 0 radical (unpaired) electrons. The third-order valence-electron chi connectivity index (χ3n) is 5.62. The molecule has 4 rings (SSSR count). The van der Waals surface area contributed by atoms with Gasteiger partial charge in [-0.05, 0) is 31.2 Å². The Labute approximate surface area is 174 Å². The van der Waals surface area contributed by atoms with Crippen LogP contribution in [-0.2, 0) is 14.3 Å². The Hall–Kier alpha value is -3.48. The van der Waals surface area contributed by atoms with Crippen LogP contribution in [0.15, 0.2) is 54.6 Å². The summed E-state index contributed by atoms with van der Waals surface area (Å²) in [5, 5.41) is 0. The van der Waals surface area contributed by atoms with Crippen LogP contribution in [0.3, 0.4) is 0 Å². The number of esters is 1. The fourth-order valence-electron chi connectivity index (χ4n) is 3.96. The van der Waals surface area contributed by atoms with E-state index in [4.69, 9.17) is 4.74 Å². The van der Waals surface area contributed by atoms with Crippen LogP contribution in [0.2, 0.25) is 0 Å². The van der Waals surface area contributed by atoms with E-state index in [1.165, 1.54) is 6.92 Å². The molecule has 0 unspecified atom stereocenters. The maximum Gasteiger partial charge on any atom is 0.329 e. The van der Waals surface area contributed by atoms with E-state index in [1.807, 2.05) is 44.2 Å². The fourth-order valence-corrected chi connectivity index (χ4v) is 3.96. The van der Waals surface area contributed by atoms with Crippen molar-refractivity contribution in [2.24, 2.45) is 5.41 Å². The second kappa shape index (κ2) is 7.09. The Kier molecular flexibility index (Phi) is 4.68. The number of ether oxygens (including phenoxy) is 1. The Morgan fingerprint density at radius 2 is 1.50 bits per heavy atom. The van der Waals surface area contributed by atoms with Gasteiger partial charge < -0.3 is 9.64 Å². The lowest BCUT2D eigenvalue weighted by molar-refractivity contribution is -0.161. The standard InChI is InChI=1S/C23H22N2O5/c1-14(25-19(26)16-11-7-8-12-17(16)20(25)27)22(29)30-18-21(28)24(13-23(18,2)3)15-9-5-4-6-10-15/h4-12,14,18H,13H2,1-3H3/t14-,18-/m1/s1. The maximum absolute atomic E-state index is 13.0. The molecule has 0 spiro atoms. The summed E-state index contributed by atoms with van der Waals surface area (Å²) in [5.74, 6) is -2.19. The van der Waals surface area contributed by atoms with E-state index < -0.39 is 35.3 Å². The van der Waals surface area contributed by atoms with Gasteiger partial charge in [0.2, 0.25) is 0 Å². The zero-order valence-corrected chi connectivity index (χ0v) is 17.0. The van der Waals surface area contributed by atoms with Crippen LogP contribution in [0, 0.1) is 5.41 Å². The van der Waals surface area contributed by atoms with Crippen LogP contribution in [0.4, 0.5) is 5.69 Å². The molecule has 7 heteroatoms. The molecule has 0 aromatic heterocycles. The quantitative estimate of drug-likeness (QED) is 0.576. The number of anilines is 1. The van der Waals surface area contributed by atoms with Crippen molar-refractivity contribution < 1.29 is 23.9 Å². The summed E-state index contributed by atoms with van der Waals surface area (Å²) in [6.07, 6.45) is -1.01. The summed E-state index contributed by atoms with van der Waals surface area (Å²) >= 11 is 0. The van der Waals surface area contributed by atoms with E-state index in [0.717, 1.165) is 10.6 Å². The number of nitrogens with zero attached hydrogens (tertiary/aromatic N) is 2. The van der Waals surface area contributed by atoms with Crippen molar-refractivity contribution in [3.05, 3.63) is 65.7 Å². The molecule has 2 aliphatic heterocycles. The average molecular weight is 406 g/mol. The monoisotopic (exact) mass is 406 g/mol. The molecule has 2 aromatic carbocycles. The third-order valence-corrected chi connectivity index (χ3v) is 5.62. The van der Waals surface area contributed by atoms with E-state index in [0.29, 0.717) is 6.54 Å². The lowest BCUT2D eigenvalue weighted by Crippen LogP contribution is -2.47. The number of amides is 3. The molecule has 2 heterocycles. The Balaban J connectivity index is 1.53. The molecular formula is C23H22N2O5. The predicted molar refractivity (Wildman–Crippen MR) is 109 cm³/mol. The predicted octanol–water partition coefficient (Wildman–Crippen LogP) is 2.66. The minimum Gasteiger partial charge on any atom is -0.450 e. The number of hydrogen-bond acceptors (Lipinski definition) is 5. The van der Waals surface area contributed by atoms with Crippen molar-refractivity contribution in [2.45, 2.75) is 32.9 Å². The van der Waals surface area contributed by atoms with Gasteiger partial charge >= 0.3 is 5.97 Å². The van der Waals surface area contributed by atoms with E-state index in [1.54, 1.807) is 29.2 Å². The topological polar surface area (TPSA) is 84.0 Å². The van der Waals surface area contributed by atoms with Crippen molar-refractivity contribution >= 4 is 29.4 Å². The maximum atomic E-state index is 13.0. The second-order valence-electron chi connectivity index (χ2n) is 8.27. The van der Waals surface area contributed by atoms with E-state index in [9.17, 15) is 19.2 Å². The molecule has 0 aliphatic carbocycles. The molecule has 0 saturated carbocycles. The van der Waals surface area contributed by atoms with Gasteiger partial charge in [-0.25, -0.2) is 4.79 Å². The first kappa shape index (κ1) is 19.8. The largest absolute Gasteiger partial charge is 0.450 e. The molecule has 2 aliphatic rings. The highest BCUT2D eigenvalue weighted by atomic mass is 16.6. The Morgan fingerprint density at radius 1 is 0.967 bits per heavy atom. The van der Waals surface area contributed by atoms with Crippen LogP contribution in [0.5, 0.6) is 0 Å². The minimum atomic E-state index is -1.15. The molecule has 3 amide bonds. The molecule has 7 nitrogen and oxygen atoms in total. The molecule has 1 saturated heterocycles. The van der Waals surface area contributed by atoms with Crippen LogP contribution in [-0.4, -0.2) is 47.3 Å². The smallest absolute Gasteiger partial charge is 0.329 e. The van der Waals surface area contributed by atoms with Gasteiger partial charge in [-0.2, -0.15) is 0 Å². The van der Waals surface area contributed by atoms with Crippen molar-refractivity contribution in [3.8, 4) is 0 Å². The zero-order valence-electron chi connectivity index (χ0n) is 17.0. The van der Waals surface area contributed by atoms with Gasteiger partial charge in [0.25, 0.3) is 17.7 Å². The Morgan fingerprint density at radius 3 is 2.07 bits per heavy atom. The fraction of sp³-hybridized carbons (Fsp3) is 0.304. The van der Waals surface area contributed by atoms with Gasteiger partial charge in [0.05, 0.1) is 11.1 Å². The number of fused-ring (bicyclic) bond motifs is 1. The SMILES string of the molecule is C[C@H](C(=O)O[C@@H]1C(=O)N(c2ccccc2)CC1(C)C)N1C(=O)c2ccccc2C1=O. The average Bonchev–Trinajstić information content (AvgIpc) is 3.13. The first-order valence-corrected chi connectivity index (χ1v) is 9.76. The van der Waals surface area contributed by atoms with Crippen molar-refractivity contribution in [1.82, 2.24) is 4.90 Å². The number of rotatable bonds is 4. The van der Waals surface area contributed by atoms with Gasteiger partial charge in [-0.3, -0.25) is 19.3 Å². The highest BCUT2D eigenvalue weighted by molar-refractivity contribution is 6.22. The van der Waals surface area contributed by atoms with Crippen LogP contribution in [0.1, 0.15) is 41.5 Å². The van der Waals surface area contributed by atoms with Gasteiger partial charge in [-0.1, -0.05) is 44.2 Å². The molecule has 2 atom stereocenters. The summed E-state index contributed by atoms with van der Waals surface area (Å²) in [6.45, 7) is 5.51. The van der Waals surface area contributed by atoms with Crippen molar-refractivity contribution in [1.29, 1.82) is 0 Å². The zero-order chi connectivity index (χ0) is 21.6. The van der Waals surface area contributed by atoms with Gasteiger partial charge in [0.15, 0.2) is 6.10 Å². The summed E-state index contributed by atoms with van der Waals surface area (Å²) in [6, 6.07) is 14.4. The second-order valence-corrected chi connectivity index (χ2v) is 8.27. The number of benzene rings is 2. The minimum absolute atomic E-state index is 0.259. The third kappa shape index (κ3) is 3.07. The first-order valence-electron chi connectivity index (χ1n) is 9.76. The van der Waals surface area contributed by atoms with Crippen LogP contribution < -0.4 is 4.90 Å². The van der Waals surface area contributed by atoms with Crippen LogP contribution >= 0.6 is 0 Å². The normalized spacial score (nSPS) is 21.0. The molecule has 0 bridgehead atoms. The first-order chi connectivity index (χ1) is 14.2. The van der Waals surface area contributed by atoms with Crippen molar-refractivity contribution in [2.75, 3.05) is 11.4 Å². The van der Waals surface area contributed by atoms with Gasteiger partial charge in [-0.15, -0.1) is 0 Å². The van der Waals surface area contributed by atoms with Gasteiger partial charge in [0.1, 0.15) is 6.04 Å². The van der Waals surface area contributed by atoms with E-state index >= 15 is 0 Å². The molecule has 30 heavy (non-hydrogen) atoms. The summed E-state index contributed by atoms with van der Waals surface area (Å²) in [4.78, 5) is 53.6. The number of para-hydroxylation sites is 1. The van der Waals surface area contributed by atoms with E-state index in [2.05, 4.69) is 0 Å². The Bertz CT molecular complexity index is 1010. The lowest BCUT2D eigenvalue weighted by Gasteiger charge is -2.27. The summed E-state index contributed by atoms with van der Waals surface area (Å²) in [7, 11) is 0. The summed E-state index contributed by atoms with van der Waals surface area (Å²) in [5.41, 5.74) is 0.608. The molecule has 0 N–H and O–H groups in total. The lowest BCUT2D eigenvalue weighted by atomic mass is 9.89. The number of hydrogen-bond donors (Lipinski definition) is 0. The molecule has 154 valence electrons. The number of carbonyl (C=O) groups excluding carboxylic acids is 4. The number of carbonyl (C=O) groups is 4. The molecule has 2 aromatic rings. The highest BCUT2D eigenvalue weighted by Crippen LogP contribution is 2.36. The van der Waals surface area contributed by atoms with Crippen LogP contribution in [0.25, 0.3) is 0 Å². The molecular weight excluding hydrogens is 384 g/mol. The number of imide groups is 1. The highest BCUT2D eigenvalue weighted by Gasteiger charge is 2.51. The van der Waals surface area contributed by atoms with E-state index in [-0.39, 0.29) is 17.0 Å².